The summed E-state index contributed by atoms with van der Waals surface area (Å²) in [5.41, 5.74) is 0. The maximum absolute atomic E-state index is 12.0. The molecular formula is C30H54N4O6. The SMILES string of the molecule is O=C(O)C(NCCN(CCNC(C(=O)O)C1CCCCC1)CCNC(C(=O)O)C1CCCCC1)C1CCCCC1. The molecule has 0 aromatic carbocycles. The number of carboxylic acids is 3. The zero-order chi connectivity index (χ0) is 28.7. The van der Waals surface area contributed by atoms with Gasteiger partial charge in [0.05, 0.1) is 0 Å². The Kier molecular flexibility index (Phi) is 14.7. The number of hydrogen-bond donors (Lipinski definition) is 6. The van der Waals surface area contributed by atoms with Gasteiger partial charge in [-0.15, -0.1) is 0 Å². The van der Waals surface area contributed by atoms with Crippen LogP contribution in [0.25, 0.3) is 0 Å². The van der Waals surface area contributed by atoms with Gasteiger partial charge in [-0.1, -0.05) is 57.8 Å². The number of aliphatic carboxylic acids is 3. The van der Waals surface area contributed by atoms with Gasteiger partial charge in [0, 0.05) is 39.3 Å². The van der Waals surface area contributed by atoms with Crippen LogP contribution >= 0.6 is 0 Å². The number of carboxylic acid groups (broad SMARTS) is 3. The molecule has 0 amide bonds. The molecule has 0 bridgehead atoms. The van der Waals surface area contributed by atoms with Gasteiger partial charge in [0.15, 0.2) is 0 Å². The molecule has 6 N–H and O–H groups in total. The maximum Gasteiger partial charge on any atom is 0.320 e. The van der Waals surface area contributed by atoms with Crippen LogP contribution in [0.5, 0.6) is 0 Å². The first-order valence-corrected chi connectivity index (χ1v) is 16.0. The van der Waals surface area contributed by atoms with Crippen molar-refractivity contribution in [2.24, 2.45) is 17.8 Å². The van der Waals surface area contributed by atoms with Crippen molar-refractivity contribution in [2.45, 2.75) is 114 Å². The van der Waals surface area contributed by atoms with Crippen LogP contribution in [-0.2, 0) is 14.4 Å². The Bertz CT molecular complexity index is 665. The Balaban J connectivity index is 1.54. The van der Waals surface area contributed by atoms with Gasteiger partial charge in [0.2, 0.25) is 0 Å². The summed E-state index contributed by atoms with van der Waals surface area (Å²) in [6.45, 7) is 3.39. The van der Waals surface area contributed by atoms with Gasteiger partial charge in [-0.3, -0.25) is 19.3 Å². The van der Waals surface area contributed by atoms with Crippen LogP contribution in [0.15, 0.2) is 0 Å². The molecule has 0 heterocycles. The van der Waals surface area contributed by atoms with Crippen LogP contribution in [-0.4, -0.2) is 95.5 Å². The van der Waals surface area contributed by atoms with Crippen molar-refractivity contribution in [3.8, 4) is 0 Å². The summed E-state index contributed by atoms with van der Waals surface area (Å²) in [5.74, 6) is -1.92. The van der Waals surface area contributed by atoms with E-state index >= 15 is 0 Å². The summed E-state index contributed by atoms with van der Waals surface area (Å²) in [4.78, 5) is 38.2. The van der Waals surface area contributed by atoms with Gasteiger partial charge in [-0.2, -0.15) is 0 Å². The van der Waals surface area contributed by atoms with Crippen molar-refractivity contribution < 1.29 is 29.7 Å². The van der Waals surface area contributed by atoms with Gasteiger partial charge in [-0.25, -0.2) is 0 Å². The lowest BCUT2D eigenvalue weighted by atomic mass is 9.84. The second kappa shape index (κ2) is 17.9. The first-order chi connectivity index (χ1) is 19.4. The highest BCUT2D eigenvalue weighted by atomic mass is 16.4. The lowest BCUT2D eigenvalue weighted by Gasteiger charge is -2.31. The minimum atomic E-state index is -0.796. The van der Waals surface area contributed by atoms with E-state index in [1.165, 1.54) is 19.3 Å². The standard InChI is InChI=1S/C30H54N4O6/c35-28(36)25(22-10-4-1-5-11-22)31-16-19-34(20-17-32-26(29(37)38)23-12-6-2-7-13-23)21-18-33-27(30(39)40)24-14-8-3-9-15-24/h22-27,31-33H,1-21H2,(H,35,36)(H,37,38)(H,39,40). The van der Waals surface area contributed by atoms with Crippen LogP contribution in [0.1, 0.15) is 96.3 Å². The monoisotopic (exact) mass is 566 g/mol. The summed E-state index contributed by atoms with van der Waals surface area (Å²) < 4.78 is 0. The van der Waals surface area contributed by atoms with Gasteiger partial charge in [0.1, 0.15) is 18.1 Å². The summed E-state index contributed by atoms with van der Waals surface area (Å²) in [6, 6.07) is -1.66. The van der Waals surface area contributed by atoms with E-state index in [1.54, 1.807) is 0 Å². The zero-order valence-corrected chi connectivity index (χ0v) is 24.3. The number of nitrogens with one attached hydrogen (secondary N) is 3. The highest BCUT2D eigenvalue weighted by Gasteiger charge is 2.31. The Morgan fingerprint density at radius 1 is 0.500 bits per heavy atom. The van der Waals surface area contributed by atoms with E-state index in [-0.39, 0.29) is 17.8 Å². The van der Waals surface area contributed by atoms with Crippen LogP contribution in [0.3, 0.4) is 0 Å². The molecule has 3 rings (SSSR count). The van der Waals surface area contributed by atoms with Crippen molar-refractivity contribution in [1.82, 2.24) is 20.9 Å². The fourth-order valence-electron chi connectivity index (χ4n) is 7.24. The largest absolute Gasteiger partial charge is 0.480 e. The normalized spacial score (nSPS) is 22.1. The Morgan fingerprint density at radius 3 is 0.975 bits per heavy atom. The summed E-state index contributed by atoms with van der Waals surface area (Å²) in [6.07, 6.45) is 15.7. The van der Waals surface area contributed by atoms with E-state index in [0.29, 0.717) is 39.3 Å². The molecular weight excluding hydrogens is 512 g/mol. The van der Waals surface area contributed by atoms with Gasteiger partial charge < -0.3 is 31.3 Å². The molecule has 3 atom stereocenters. The smallest absolute Gasteiger partial charge is 0.320 e. The number of nitrogens with zero attached hydrogens (tertiary/aromatic N) is 1. The summed E-state index contributed by atoms with van der Waals surface area (Å²) in [7, 11) is 0. The van der Waals surface area contributed by atoms with E-state index < -0.39 is 36.0 Å². The van der Waals surface area contributed by atoms with Gasteiger partial charge >= 0.3 is 17.9 Å². The minimum Gasteiger partial charge on any atom is -0.480 e. The number of rotatable bonds is 18. The topological polar surface area (TPSA) is 151 Å². The molecule has 3 aliphatic rings. The molecule has 0 spiro atoms. The van der Waals surface area contributed by atoms with Crippen LogP contribution in [0.4, 0.5) is 0 Å². The van der Waals surface area contributed by atoms with Crippen molar-refractivity contribution >= 4 is 17.9 Å². The molecule has 40 heavy (non-hydrogen) atoms. The van der Waals surface area contributed by atoms with E-state index in [1.807, 2.05) is 0 Å². The van der Waals surface area contributed by atoms with E-state index in [4.69, 9.17) is 0 Å². The van der Waals surface area contributed by atoms with Crippen molar-refractivity contribution in [2.75, 3.05) is 39.3 Å². The average Bonchev–Trinajstić information content (AvgIpc) is 2.96. The fraction of sp³-hybridized carbons (Fsp3) is 0.900. The molecule has 0 saturated heterocycles. The van der Waals surface area contributed by atoms with E-state index in [2.05, 4.69) is 20.9 Å². The van der Waals surface area contributed by atoms with Crippen molar-refractivity contribution in [1.29, 1.82) is 0 Å². The molecule has 3 saturated carbocycles. The molecule has 10 heteroatoms. The number of carbonyl (C=O) groups is 3. The molecule has 0 aromatic rings. The second-order valence-corrected chi connectivity index (χ2v) is 12.3. The summed E-state index contributed by atoms with van der Waals surface area (Å²) in [5, 5.41) is 39.4. The minimum absolute atomic E-state index is 0.154. The Labute approximate surface area is 240 Å². The van der Waals surface area contributed by atoms with Crippen LogP contribution in [0, 0.1) is 17.8 Å². The quantitative estimate of drug-likeness (QED) is 0.146. The van der Waals surface area contributed by atoms with Gasteiger partial charge in [-0.05, 0) is 56.3 Å². The third-order valence-electron chi connectivity index (χ3n) is 9.54. The molecule has 3 unspecified atom stereocenters. The average molecular weight is 567 g/mol. The lowest BCUT2D eigenvalue weighted by molar-refractivity contribution is -0.142. The third-order valence-corrected chi connectivity index (χ3v) is 9.54. The fourth-order valence-corrected chi connectivity index (χ4v) is 7.24. The molecule has 3 fully saturated rings. The van der Waals surface area contributed by atoms with E-state index in [9.17, 15) is 29.7 Å². The first-order valence-electron chi connectivity index (χ1n) is 16.0. The molecule has 0 radical (unpaired) electrons. The zero-order valence-electron chi connectivity index (χ0n) is 24.3. The predicted octanol–water partition coefficient (Wildman–Crippen LogP) is 3.16. The number of hydrogen-bond acceptors (Lipinski definition) is 7. The maximum atomic E-state index is 12.0. The molecule has 10 nitrogen and oxygen atoms in total. The Hall–Kier alpha value is -1.75. The molecule has 0 aliphatic heterocycles. The van der Waals surface area contributed by atoms with Gasteiger partial charge in [0.25, 0.3) is 0 Å². The molecule has 3 aliphatic carbocycles. The van der Waals surface area contributed by atoms with Crippen molar-refractivity contribution in [3.05, 3.63) is 0 Å². The predicted molar refractivity (Wildman–Crippen MR) is 154 cm³/mol. The first kappa shape index (κ1) is 32.8. The molecule has 0 aromatic heterocycles. The highest BCUT2D eigenvalue weighted by Crippen LogP contribution is 2.28. The molecule has 230 valence electrons. The van der Waals surface area contributed by atoms with E-state index in [0.717, 1.165) is 77.0 Å². The second-order valence-electron chi connectivity index (χ2n) is 12.3. The third kappa shape index (κ3) is 10.9. The highest BCUT2D eigenvalue weighted by molar-refractivity contribution is 5.74. The van der Waals surface area contributed by atoms with Crippen molar-refractivity contribution in [3.63, 3.8) is 0 Å². The van der Waals surface area contributed by atoms with Crippen LogP contribution in [0.2, 0.25) is 0 Å². The van der Waals surface area contributed by atoms with Crippen LogP contribution < -0.4 is 16.0 Å². The summed E-state index contributed by atoms with van der Waals surface area (Å²) >= 11 is 0. The lowest BCUT2D eigenvalue weighted by Crippen LogP contribution is -2.50. The Morgan fingerprint density at radius 2 is 0.750 bits per heavy atom.